The molecular formula is C21H20N2O6. The monoisotopic (exact) mass is 396 g/mol. The maximum atomic E-state index is 12.2. The molecule has 1 aliphatic rings. The molecule has 0 N–H and O–H groups in total. The van der Waals surface area contributed by atoms with Crippen LogP contribution in [0.15, 0.2) is 47.1 Å². The maximum Gasteiger partial charge on any atom is 0.363 e. The van der Waals surface area contributed by atoms with Gasteiger partial charge in [-0.3, -0.25) is 10.1 Å². The molecule has 0 atom stereocenters. The molecule has 29 heavy (non-hydrogen) atoms. The lowest BCUT2D eigenvalue weighted by molar-refractivity contribution is -0.385. The van der Waals surface area contributed by atoms with Crippen molar-refractivity contribution in [3.63, 3.8) is 0 Å². The minimum absolute atomic E-state index is 0.0105. The van der Waals surface area contributed by atoms with Gasteiger partial charge in [0.25, 0.3) is 5.69 Å². The molecule has 2 aromatic rings. The number of aliphatic imine (C=N–C) groups is 1. The van der Waals surface area contributed by atoms with Crippen LogP contribution in [0.2, 0.25) is 0 Å². The first kappa shape index (κ1) is 20.1. The number of nitro groups is 1. The van der Waals surface area contributed by atoms with Crippen molar-refractivity contribution in [1.29, 1.82) is 0 Å². The Bertz CT molecular complexity index is 1040. The molecule has 1 heterocycles. The number of cyclic esters (lactones) is 1. The average molecular weight is 396 g/mol. The van der Waals surface area contributed by atoms with Crippen LogP contribution in [-0.2, 0) is 9.53 Å². The average Bonchev–Trinajstić information content (AvgIpc) is 3.03. The van der Waals surface area contributed by atoms with Crippen LogP contribution in [0.5, 0.6) is 11.5 Å². The number of carbonyl (C=O) groups is 1. The lowest BCUT2D eigenvalue weighted by Crippen LogP contribution is -2.07. The van der Waals surface area contributed by atoms with Crippen LogP contribution in [0.3, 0.4) is 0 Å². The lowest BCUT2D eigenvalue weighted by Gasteiger charge is -2.13. The van der Waals surface area contributed by atoms with Crippen molar-refractivity contribution in [3.8, 4) is 11.5 Å². The van der Waals surface area contributed by atoms with E-state index in [1.807, 2.05) is 13.8 Å². The summed E-state index contributed by atoms with van der Waals surface area (Å²) in [5.41, 5.74) is 1.56. The molecule has 0 saturated heterocycles. The molecule has 0 saturated carbocycles. The van der Waals surface area contributed by atoms with E-state index in [0.717, 1.165) is 0 Å². The third kappa shape index (κ3) is 4.43. The number of rotatable bonds is 6. The zero-order chi connectivity index (χ0) is 21.1. The third-order valence-electron chi connectivity index (χ3n) is 4.13. The molecule has 0 radical (unpaired) electrons. The molecular weight excluding hydrogens is 376 g/mol. The van der Waals surface area contributed by atoms with Crippen molar-refractivity contribution in [1.82, 2.24) is 0 Å². The minimum atomic E-state index is -0.635. The molecule has 0 spiro atoms. The van der Waals surface area contributed by atoms with Crippen LogP contribution in [0.1, 0.15) is 30.5 Å². The summed E-state index contributed by atoms with van der Waals surface area (Å²) in [5, 5.41) is 11.1. The summed E-state index contributed by atoms with van der Waals surface area (Å²) in [7, 11) is 1.53. The SMILES string of the molecule is COc1cc(/C=C2\N=C(c3ccc(C)c([N+](=O)[O-])c3)OC2=O)ccc1OC(C)C. The Hall–Kier alpha value is -3.68. The maximum absolute atomic E-state index is 12.2. The third-order valence-corrected chi connectivity index (χ3v) is 4.13. The predicted molar refractivity (Wildman–Crippen MR) is 107 cm³/mol. The molecule has 0 aromatic heterocycles. The highest BCUT2D eigenvalue weighted by Crippen LogP contribution is 2.31. The van der Waals surface area contributed by atoms with Crippen LogP contribution < -0.4 is 9.47 Å². The zero-order valence-electron chi connectivity index (χ0n) is 16.5. The molecule has 0 bridgehead atoms. The number of carbonyl (C=O) groups excluding carboxylic acids is 1. The van der Waals surface area contributed by atoms with Crippen molar-refractivity contribution in [3.05, 3.63) is 68.9 Å². The van der Waals surface area contributed by atoms with E-state index in [1.165, 1.54) is 13.2 Å². The number of aryl methyl sites for hydroxylation is 1. The summed E-state index contributed by atoms with van der Waals surface area (Å²) in [6.45, 7) is 5.46. The molecule has 0 unspecified atom stereocenters. The summed E-state index contributed by atoms with van der Waals surface area (Å²) in [4.78, 5) is 27.1. The van der Waals surface area contributed by atoms with Crippen molar-refractivity contribution in [2.24, 2.45) is 4.99 Å². The van der Waals surface area contributed by atoms with Crippen LogP contribution in [0.25, 0.3) is 6.08 Å². The normalized spacial score (nSPS) is 14.7. The van der Waals surface area contributed by atoms with E-state index in [-0.39, 0.29) is 23.4 Å². The molecule has 0 amide bonds. The molecule has 8 nitrogen and oxygen atoms in total. The Kier molecular flexibility index (Phi) is 5.63. The largest absolute Gasteiger partial charge is 0.493 e. The second kappa shape index (κ2) is 8.14. The van der Waals surface area contributed by atoms with Gasteiger partial charge in [-0.15, -0.1) is 0 Å². The first-order valence-corrected chi connectivity index (χ1v) is 8.91. The lowest BCUT2D eigenvalue weighted by atomic mass is 10.1. The number of nitrogens with zero attached hydrogens (tertiary/aromatic N) is 2. The van der Waals surface area contributed by atoms with Crippen molar-refractivity contribution in [2.75, 3.05) is 7.11 Å². The number of methoxy groups -OCH3 is 1. The van der Waals surface area contributed by atoms with Crippen LogP contribution in [0.4, 0.5) is 5.69 Å². The van der Waals surface area contributed by atoms with Gasteiger partial charge in [-0.05, 0) is 50.6 Å². The zero-order valence-corrected chi connectivity index (χ0v) is 16.5. The number of ether oxygens (including phenoxy) is 3. The molecule has 1 aliphatic heterocycles. The van der Waals surface area contributed by atoms with Crippen molar-refractivity contribution < 1.29 is 23.9 Å². The number of nitro benzene ring substituents is 1. The Balaban J connectivity index is 1.93. The second-order valence-electron chi connectivity index (χ2n) is 6.67. The molecule has 8 heteroatoms. The van der Waals surface area contributed by atoms with Crippen LogP contribution in [-0.4, -0.2) is 30.0 Å². The summed E-state index contributed by atoms with van der Waals surface area (Å²) < 4.78 is 16.2. The quantitative estimate of drug-likeness (QED) is 0.316. The smallest absolute Gasteiger partial charge is 0.363 e. The Labute approximate surface area is 167 Å². The topological polar surface area (TPSA) is 100 Å². The van der Waals surface area contributed by atoms with Gasteiger partial charge in [0, 0.05) is 17.2 Å². The Morgan fingerprint density at radius 2 is 1.93 bits per heavy atom. The summed E-state index contributed by atoms with van der Waals surface area (Å²) in [5.74, 6) is 0.508. The molecule has 3 rings (SSSR count). The van der Waals surface area contributed by atoms with E-state index in [9.17, 15) is 14.9 Å². The van der Waals surface area contributed by atoms with E-state index in [2.05, 4.69) is 4.99 Å². The Morgan fingerprint density at radius 3 is 2.59 bits per heavy atom. The van der Waals surface area contributed by atoms with Gasteiger partial charge in [0.2, 0.25) is 5.90 Å². The number of benzene rings is 2. The fraction of sp³-hybridized carbons (Fsp3) is 0.238. The highest BCUT2D eigenvalue weighted by molar-refractivity contribution is 6.13. The Morgan fingerprint density at radius 1 is 1.17 bits per heavy atom. The van der Waals surface area contributed by atoms with Crippen molar-refractivity contribution in [2.45, 2.75) is 26.9 Å². The van der Waals surface area contributed by atoms with E-state index in [4.69, 9.17) is 14.2 Å². The summed E-state index contributed by atoms with van der Waals surface area (Å²) in [6.07, 6.45) is 1.54. The second-order valence-corrected chi connectivity index (χ2v) is 6.67. The van der Waals surface area contributed by atoms with Crippen LogP contribution in [0, 0.1) is 17.0 Å². The van der Waals surface area contributed by atoms with E-state index < -0.39 is 10.9 Å². The number of hydrogen-bond donors (Lipinski definition) is 0. The first-order chi connectivity index (χ1) is 13.8. The van der Waals surface area contributed by atoms with Gasteiger partial charge in [0.05, 0.1) is 18.1 Å². The predicted octanol–water partition coefficient (Wildman–Crippen LogP) is 4.04. The van der Waals surface area contributed by atoms with E-state index in [0.29, 0.717) is 28.2 Å². The minimum Gasteiger partial charge on any atom is -0.493 e. The van der Waals surface area contributed by atoms with Gasteiger partial charge in [0.1, 0.15) is 0 Å². The molecule has 150 valence electrons. The fourth-order valence-corrected chi connectivity index (χ4v) is 2.75. The van der Waals surface area contributed by atoms with E-state index >= 15 is 0 Å². The van der Waals surface area contributed by atoms with Gasteiger partial charge in [-0.2, -0.15) is 0 Å². The first-order valence-electron chi connectivity index (χ1n) is 8.91. The highest BCUT2D eigenvalue weighted by atomic mass is 16.6. The highest BCUT2D eigenvalue weighted by Gasteiger charge is 2.26. The fourth-order valence-electron chi connectivity index (χ4n) is 2.75. The molecule has 0 fully saturated rings. The van der Waals surface area contributed by atoms with Gasteiger partial charge >= 0.3 is 5.97 Å². The van der Waals surface area contributed by atoms with Gasteiger partial charge in [0.15, 0.2) is 17.2 Å². The number of esters is 1. The van der Waals surface area contributed by atoms with Crippen molar-refractivity contribution >= 4 is 23.6 Å². The summed E-state index contributed by atoms with van der Waals surface area (Å²) >= 11 is 0. The van der Waals surface area contributed by atoms with Gasteiger partial charge < -0.3 is 14.2 Å². The standard InChI is InChI=1S/C21H20N2O6/c1-12(2)28-18-8-6-14(10-19(18)27-4)9-16-21(24)29-20(22-16)15-7-5-13(3)17(11-15)23(25)26/h5-12H,1-4H3/b16-9-. The van der Waals surface area contributed by atoms with Gasteiger partial charge in [-0.25, -0.2) is 9.79 Å². The van der Waals surface area contributed by atoms with Crippen LogP contribution >= 0.6 is 0 Å². The summed E-state index contributed by atoms with van der Waals surface area (Å²) in [6, 6.07) is 9.79. The van der Waals surface area contributed by atoms with E-state index in [1.54, 1.807) is 43.3 Å². The molecule has 2 aromatic carbocycles. The molecule has 0 aliphatic carbocycles. The number of hydrogen-bond acceptors (Lipinski definition) is 7. The van der Waals surface area contributed by atoms with Gasteiger partial charge in [-0.1, -0.05) is 12.1 Å².